The van der Waals surface area contributed by atoms with E-state index in [4.69, 9.17) is 5.11 Å². The lowest BCUT2D eigenvalue weighted by Gasteiger charge is -2.26. The fourth-order valence-electron chi connectivity index (χ4n) is 3.20. The molecule has 3 nitrogen and oxygen atoms in total. The van der Waals surface area contributed by atoms with Gasteiger partial charge in [-0.15, -0.1) is 0 Å². The number of carboxylic acid groups (broad SMARTS) is 1. The van der Waals surface area contributed by atoms with Gasteiger partial charge in [-0.3, -0.25) is 9.69 Å². The molecule has 0 aliphatic heterocycles. The zero-order chi connectivity index (χ0) is 17.2. The van der Waals surface area contributed by atoms with Crippen molar-refractivity contribution in [3.63, 3.8) is 0 Å². The number of nitrogens with zero attached hydrogens (tertiary/aromatic N) is 1. The fraction of sp³-hybridized carbons (Fsp3) is 0.381. The van der Waals surface area contributed by atoms with Crippen LogP contribution in [0.15, 0.2) is 60.7 Å². The van der Waals surface area contributed by atoms with Crippen LogP contribution in [0.3, 0.4) is 0 Å². The molecule has 0 saturated heterocycles. The van der Waals surface area contributed by atoms with Crippen LogP contribution in [0.2, 0.25) is 0 Å². The molecule has 0 atom stereocenters. The summed E-state index contributed by atoms with van der Waals surface area (Å²) in [6, 6.07) is 20.9. The van der Waals surface area contributed by atoms with Crippen LogP contribution in [0.5, 0.6) is 0 Å². The van der Waals surface area contributed by atoms with Crippen LogP contribution in [-0.4, -0.2) is 35.6 Å². The standard InChI is InChI=1S/C21H27NO2/c1-2-13-22(17-21(23)24)16-20(14-18-9-5-3-6-10-18)15-19-11-7-4-8-12-19/h3-12,20H,2,13-17H2,1H3,(H,23,24). The first-order valence-electron chi connectivity index (χ1n) is 8.69. The Labute approximate surface area is 144 Å². The molecule has 0 radical (unpaired) electrons. The van der Waals surface area contributed by atoms with Gasteiger partial charge in [-0.2, -0.15) is 0 Å². The monoisotopic (exact) mass is 325 g/mol. The highest BCUT2D eigenvalue weighted by Crippen LogP contribution is 2.16. The van der Waals surface area contributed by atoms with Crippen molar-refractivity contribution in [3.8, 4) is 0 Å². The molecule has 2 rings (SSSR count). The lowest BCUT2D eigenvalue weighted by atomic mass is 9.92. The van der Waals surface area contributed by atoms with Crippen LogP contribution in [0, 0.1) is 5.92 Å². The van der Waals surface area contributed by atoms with Crippen molar-refractivity contribution in [2.24, 2.45) is 5.92 Å². The number of rotatable bonds is 10. The quantitative estimate of drug-likeness (QED) is 0.720. The first-order chi connectivity index (χ1) is 11.7. The summed E-state index contributed by atoms with van der Waals surface area (Å²) in [6.07, 6.45) is 2.90. The van der Waals surface area contributed by atoms with E-state index in [9.17, 15) is 4.79 Å². The molecule has 0 heterocycles. The van der Waals surface area contributed by atoms with E-state index < -0.39 is 5.97 Å². The van der Waals surface area contributed by atoms with Gasteiger partial charge in [0.25, 0.3) is 0 Å². The maximum absolute atomic E-state index is 11.1. The van der Waals surface area contributed by atoms with Crippen molar-refractivity contribution in [1.82, 2.24) is 4.90 Å². The van der Waals surface area contributed by atoms with Gasteiger partial charge in [0.05, 0.1) is 6.54 Å². The number of hydrogen-bond acceptors (Lipinski definition) is 2. The second kappa shape index (κ2) is 9.89. The minimum Gasteiger partial charge on any atom is -0.480 e. The minimum atomic E-state index is -0.748. The molecule has 0 bridgehead atoms. The lowest BCUT2D eigenvalue weighted by Crippen LogP contribution is -2.36. The van der Waals surface area contributed by atoms with Gasteiger partial charge >= 0.3 is 5.97 Å². The molecule has 2 aromatic rings. The molecule has 24 heavy (non-hydrogen) atoms. The maximum atomic E-state index is 11.1. The summed E-state index contributed by atoms with van der Waals surface area (Å²) >= 11 is 0. The van der Waals surface area contributed by atoms with E-state index in [1.165, 1.54) is 11.1 Å². The third-order valence-corrected chi connectivity index (χ3v) is 4.15. The summed E-state index contributed by atoms with van der Waals surface area (Å²) in [5.74, 6) is -0.345. The molecule has 0 fully saturated rings. The van der Waals surface area contributed by atoms with E-state index in [2.05, 4.69) is 60.4 Å². The van der Waals surface area contributed by atoms with Gasteiger partial charge in [0.1, 0.15) is 0 Å². The van der Waals surface area contributed by atoms with Crippen LogP contribution < -0.4 is 0 Å². The number of carbonyl (C=O) groups is 1. The van der Waals surface area contributed by atoms with Crippen molar-refractivity contribution >= 4 is 5.97 Å². The van der Waals surface area contributed by atoms with Crippen LogP contribution in [0.25, 0.3) is 0 Å². The van der Waals surface area contributed by atoms with Gasteiger partial charge in [0.2, 0.25) is 0 Å². The molecule has 0 saturated carbocycles. The van der Waals surface area contributed by atoms with Gasteiger partial charge < -0.3 is 5.11 Å². The Morgan fingerprint density at radius 1 is 0.958 bits per heavy atom. The van der Waals surface area contributed by atoms with Crippen LogP contribution in [0.4, 0.5) is 0 Å². The predicted octanol–water partition coefficient (Wildman–Crippen LogP) is 3.88. The van der Waals surface area contributed by atoms with Crippen molar-refractivity contribution < 1.29 is 9.90 Å². The smallest absolute Gasteiger partial charge is 0.317 e. The van der Waals surface area contributed by atoms with E-state index in [1.807, 2.05) is 12.1 Å². The molecular weight excluding hydrogens is 298 g/mol. The highest BCUT2D eigenvalue weighted by Gasteiger charge is 2.17. The van der Waals surface area contributed by atoms with E-state index in [1.54, 1.807) is 0 Å². The first kappa shape index (κ1) is 18.2. The highest BCUT2D eigenvalue weighted by atomic mass is 16.4. The van der Waals surface area contributed by atoms with E-state index in [0.29, 0.717) is 5.92 Å². The minimum absolute atomic E-state index is 0.119. The fourth-order valence-corrected chi connectivity index (χ4v) is 3.20. The van der Waals surface area contributed by atoms with Crippen molar-refractivity contribution in [2.45, 2.75) is 26.2 Å². The normalized spacial score (nSPS) is 11.1. The molecule has 0 spiro atoms. The Balaban J connectivity index is 2.09. The first-order valence-corrected chi connectivity index (χ1v) is 8.69. The number of carboxylic acids is 1. The molecule has 128 valence electrons. The number of benzene rings is 2. The average Bonchev–Trinajstić information content (AvgIpc) is 2.56. The average molecular weight is 325 g/mol. The molecule has 1 N–H and O–H groups in total. The SMILES string of the molecule is CCCN(CC(=O)O)CC(Cc1ccccc1)Cc1ccccc1. The van der Waals surface area contributed by atoms with Crippen molar-refractivity contribution in [3.05, 3.63) is 71.8 Å². The van der Waals surface area contributed by atoms with Crippen LogP contribution in [0.1, 0.15) is 24.5 Å². The van der Waals surface area contributed by atoms with Gasteiger partial charge in [-0.05, 0) is 42.9 Å². The molecule has 0 unspecified atom stereocenters. The third-order valence-electron chi connectivity index (χ3n) is 4.15. The molecule has 0 aliphatic rings. The Bertz CT molecular complexity index is 556. The summed E-state index contributed by atoms with van der Waals surface area (Å²) in [5, 5.41) is 9.16. The summed E-state index contributed by atoms with van der Waals surface area (Å²) in [5.41, 5.74) is 2.62. The maximum Gasteiger partial charge on any atom is 0.317 e. The zero-order valence-electron chi connectivity index (χ0n) is 14.4. The van der Waals surface area contributed by atoms with Crippen molar-refractivity contribution in [1.29, 1.82) is 0 Å². The molecular formula is C21H27NO2. The van der Waals surface area contributed by atoms with E-state index in [0.717, 1.165) is 32.4 Å². The Hall–Kier alpha value is -2.13. The molecule has 0 aliphatic carbocycles. The van der Waals surface area contributed by atoms with E-state index in [-0.39, 0.29) is 6.54 Å². The van der Waals surface area contributed by atoms with Gasteiger partial charge in [0, 0.05) is 6.54 Å². The summed E-state index contributed by atoms with van der Waals surface area (Å²) in [7, 11) is 0. The molecule has 3 heteroatoms. The zero-order valence-corrected chi connectivity index (χ0v) is 14.4. The van der Waals surface area contributed by atoms with E-state index >= 15 is 0 Å². The van der Waals surface area contributed by atoms with Crippen LogP contribution in [-0.2, 0) is 17.6 Å². The Kier molecular flexibility index (Phi) is 7.50. The second-order valence-corrected chi connectivity index (χ2v) is 6.37. The highest BCUT2D eigenvalue weighted by molar-refractivity contribution is 5.69. The molecule has 2 aromatic carbocycles. The number of hydrogen-bond donors (Lipinski definition) is 1. The molecule has 0 aromatic heterocycles. The lowest BCUT2D eigenvalue weighted by molar-refractivity contribution is -0.138. The Morgan fingerprint density at radius 2 is 1.46 bits per heavy atom. The predicted molar refractivity (Wildman–Crippen MR) is 98.1 cm³/mol. The van der Waals surface area contributed by atoms with Crippen molar-refractivity contribution in [2.75, 3.05) is 19.6 Å². The number of aliphatic carboxylic acids is 1. The summed E-state index contributed by atoms with van der Waals surface area (Å²) < 4.78 is 0. The van der Waals surface area contributed by atoms with Gasteiger partial charge in [0.15, 0.2) is 0 Å². The Morgan fingerprint density at radius 3 is 1.88 bits per heavy atom. The molecule has 0 amide bonds. The van der Waals surface area contributed by atoms with Crippen LogP contribution >= 0.6 is 0 Å². The summed E-state index contributed by atoms with van der Waals surface area (Å²) in [6.45, 7) is 3.85. The largest absolute Gasteiger partial charge is 0.480 e. The second-order valence-electron chi connectivity index (χ2n) is 6.37. The van der Waals surface area contributed by atoms with Gasteiger partial charge in [-0.25, -0.2) is 0 Å². The van der Waals surface area contributed by atoms with Gasteiger partial charge in [-0.1, -0.05) is 67.6 Å². The summed E-state index contributed by atoms with van der Waals surface area (Å²) in [4.78, 5) is 13.2. The third kappa shape index (κ3) is 6.55. The topological polar surface area (TPSA) is 40.5 Å².